The Morgan fingerprint density at radius 2 is 1.51 bits per heavy atom. The molecule has 3 heterocycles. The summed E-state index contributed by atoms with van der Waals surface area (Å²) in [6, 6.07) is 14.4. The molecule has 0 radical (unpaired) electrons. The fourth-order valence-corrected chi connectivity index (χ4v) is 13.5. The van der Waals surface area contributed by atoms with E-state index in [1.807, 2.05) is 0 Å². The van der Waals surface area contributed by atoms with E-state index in [-0.39, 0.29) is 24.4 Å². The number of nitrogens with one attached hydrogen (secondary N) is 2. The maximum absolute atomic E-state index is 7.49. The van der Waals surface area contributed by atoms with Crippen LogP contribution in [0.5, 0.6) is 0 Å². The predicted molar refractivity (Wildman–Crippen MR) is 278 cm³/mol. The van der Waals surface area contributed by atoms with Crippen LogP contribution >= 0.6 is 0 Å². The van der Waals surface area contributed by atoms with Gasteiger partial charge in [0, 0.05) is 56.7 Å². The third kappa shape index (κ3) is 7.26. The monoisotopic (exact) mass is 882 g/mol. The van der Waals surface area contributed by atoms with Gasteiger partial charge in [-0.1, -0.05) is 139 Å². The van der Waals surface area contributed by atoms with Crippen molar-refractivity contribution >= 4 is 44.5 Å². The average Bonchev–Trinajstić information content (AvgIpc) is 3.92. The van der Waals surface area contributed by atoms with E-state index in [0.717, 1.165) is 75.6 Å². The molecule has 8 aliphatic carbocycles. The number of aromatic nitrogens is 2. The van der Waals surface area contributed by atoms with Crippen molar-refractivity contribution < 1.29 is 5.32 Å². The Labute approximate surface area is 395 Å². The first-order valence-electron chi connectivity index (χ1n) is 25.8. The fraction of sp³-hybridized carbons (Fsp3) is 0.344. The van der Waals surface area contributed by atoms with Crippen LogP contribution in [0.2, 0.25) is 0 Å². The minimum absolute atomic E-state index is 0.112. The fourth-order valence-electron chi connectivity index (χ4n) is 13.5. The molecule has 6 heteroatoms. The first-order chi connectivity index (χ1) is 33.1. The summed E-state index contributed by atoms with van der Waals surface area (Å²) in [5.74, 6) is 1.70. The van der Waals surface area contributed by atoms with E-state index in [1.165, 1.54) is 85.5 Å². The zero-order valence-electron chi connectivity index (χ0n) is 38.8. The molecule has 6 nitrogen and oxygen atoms in total. The van der Waals surface area contributed by atoms with E-state index in [1.54, 1.807) is 5.57 Å². The molecule has 0 saturated carbocycles. The molecule has 338 valence electrons. The number of hydrogen-bond acceptors (Lipinski definition) is 3. The Bertz CT molecular complexity index is 3100. The van der Waals surface area contributed by atoms with Gasteiger partial charge in [0.2, 0.25) is 0 Å². The summed E-state index contributed by atoms with van der Waals surface area (Å²) in [5.41, 5.74) is 23.5. The third-order valence-electron chi connectivity index (χ3n) is 16.9. The maximum atomic E-state index is 7.49. The van der Waals surface area contributed by atoms with Gasteiger partial charge in [-0.15, -0.1) is 0 Å². The molecule has 1 saturated heterocycles. The van der Waals surface area contributed by atoms with Crippen LogP contribution < -0.4 is 21.7 Å². The Balaban J connectivity index is 0.857. The molecule has 4 aromatic rings. The highest BCUT2D eigenvalue weighted by atomic mass is 15.4. The summed E-state index contributed by atoms with van der Waals surface area (Å²) < 4.78 is 5.30. The van der Waals surface area contributed by atoms with Gasteiger partial charge in [-0.25, -0.2) is 10.6 Å². The molecule has 0 amide bonds. The van der Waals surface area contributed by atoms with Crippen molar-refractivity contribution in [3.63, 3.8) is 0 Å². The van der Waals surface area contributed by atoms with Gasteiger partial charge in [-0.05, 0) is 130 Å². The second-order valence-electron chi connectivity index (χ2n) is 20.6. The number of nitrogens with two attached hydrogens (primary N) is 2. The van der Waals surface area contributed by atoms with Crippen LogP contribution in [0.15, 0.2) is 179 Å². The van der Waals surface area contributed by atoms with Gasteiger partial charge in [0.15, 0.2) is 0 Å². The molecular formula is C61H65N6+. The van der Waals surface area contributed by atoms with Crippen molar-refractivity contribution in [1.82, 2.24) is 19.8 Å². The van der Waals surface area contributed by atoms with Crippen molar-refractivity contribution in [3.05, 3.63) is 191 Å². The number of fused-ring (bicyclic) bond motifs is 8. The van der Waals surface area contributed by atoms with Crippen molar-refractivity contribution in [2.75, 3.05) is 0 Å². The molecule has 1 fully saturated rings. The number of para-hydroxylation sites is 1. The van der Waals surface area contributed by atoms with Crippen LogP contribution in [-0.2, 0) is 6.42 Å². The zero-order chi connectivity index (χ0) is 44.4. The van der Waals surface area contributed by atoms with Gasteiger partial charge in [0.05, 0.1) is 28.6 Å². The van der Waals surface area contributed by atoms with Crippen molar-refractivity contribution in [2.45, 2.75) is 108 Å². The number of benzene rings is 2. The van der Waals surface area contributed by atoms with Gasteiger partial charge >= 0.3 is 0 Å². The van der Waals surface area contributed by atoms with Crippen molar-refractivity contribution in [1.29, 1.82) is 0 Å². The van der Waals surface area contributed by atoms with Gasteiger partial charge in [-0.3, -0.25) is 0 Å². The van der Waals surface area contributed by atoms with Crippen molar-refractivity contribution in [3.8, 4) is 0 Å². The van der Waals surface area contributed by atoms with E-state index in [9.17, 15) is 0 Å². The maximum Gasteiger partial charge on any atom is 0.149 e. The minimum Gasteiger partial charge on any atom is -0.397 e. The van der Waals surface area contributed by atoms with E-state index >= 15 is 0 Å². The lowest BCUT2D eigenvalue weighted by molar-refractivity contribution is -0.750. The quantitative estimate of drug-likeness (QED) is 0.140. The second kappa shape index (κ2) is 17.3. The van der Waals surface area contributed by atoms with Crippen molar-refractivity contribution in [2.24, 2.45) is 29.4 Å². The van der Waals surface area contributed by atoms with Crippen LogP contribution in [0.3, 0.4) is 0 Å². The highest BCUT2D eigenvalue weighted by Crippen LogP contribution is 2.47. The number of rotatable bonds is 7. The Hall–Kier alpha value is -5.92. The van der Waals surface area contributed by atoms with Gasteiger partial charge in [0.25, 0.3) is 0 Å². The molecule has 0 bridgehead atoms. The SMILES string of the molecule is NC1=CC(C2NC(C3=CC=C(C4CC=CCC4)CC3)NC(C3C=CC(C4=CCCC=C4)=CC3)[NH2+]2)CC=C1n1c2c(c3ccc4c(c5ccccc5n4C4CCC=C5C=CC=CC54)c31)C=CCC2. The Morgan fingerprint density at radius 3 is 2.34 bits per heavy atom. The summed E-state index contributed by atoms with van der Waals surface area (Å²) >= 11 is 0. The lowest BCUT2D eigenvalue weighted by Crippen LogP contribution is -3.06. The Kier molecular flexibility index (Phi) is 10.7. The number of hydrogen-bond donors (Lipinski definition) is 4. The average molecular weight is 882 g/mol. The first-order valence-corrected chi connectivity index (χ1v) is 25.8. The zero-order valence-corrected chi connectivity index (χ0v) is 38.8. The molecular weight excluding hydrogens is 817 g/mol. The van der Waals surface area contributed by atoms with Crippen LogP contribution in [0.25, 0.3) is 44.5 Å². The van der Waals surface area contributed by atoms with Gasteiger partial charge < -0.3 is 20.2 Å². The molecule has 8 atom stereocenters. The van der Waals surface area contributed by atoms with Crippen LogP contribution in [-0.4, -0.2) is 27.6 Å². The van der Waals surface area contributed by atoms with Gasteiger partial charge in [0.1, 0.15) is 12.3 Å². The van der Waals surface area contributed by atoms with Crippen LogP contribution in [0, 0.1) is 23.7 Å². The number of allylic oxidation sites excluding steroid dienone is 21. The first kappa shape index (κ1) is 41.3. The lowest BCUT2D eigenvalue weighted by Gasteiger charge is -2.42. The lowest BCUT2D eigenvalue weighted by atomic mass is 9.80. The van der Waals surface area contributed by atoms with E-state index in [0.29, 0.717) is 23.8 Å². The van der Waals surface area contributed by atoms with E-state index < -0.39 is 0 Å². The third-order valence-corrected chi connectivity index (χ3v) is 16.9. The molecule has 2 aromatic heterocycles. The summed E-state index contributed by atoms with van der Waals surface area (Å²) in [6.07, 6.45) is 60.4. The standard InChI is InChI=1S/C61H64N6/c62-51-38-46(61-64-59(44-30-26-41(27-31-44)39-14-3-1-4-15-39)63-60(65-61)45-32-28-42(29-33-45)40-16-5-2-6-17-40)34-36-55(51)67-53-23-11-9-21-48(53)49-35-37-56-57(58(49)67)50-22-10-12-24-54(50)66(56)52-25-13-19-43-18-7-8-20-47(43)52/h1,3,5,7-10,12,16-22,24,26,28-30,32,35-39,45-47,52,59-61,63-65H,2,4,6,11,13-15,23,25,27,31,33-34,62H2/p+1. The molecule has 13 rings (SSSR count). The molecule has 6 N–H and O–H groups in total. The minimum atomic E-state index is 0.112. The molecule has 1 aliphatic heterocycles. The van der Waals surface area contributed by atoms with Crippen LogP contribution in [0.1, 0.15) is 94.3 Å². The summed E-state index contributed by atoms with van der Waals surface area (Å²) in [5, 5.41) is 14.9. The second-order valence-corrected chi connectivity index (χ2v) is 20.6. The smallest absolute Gasteiger partial charge is 0.149 e. The summed E-state index contributed by atoms with van der Waals surface area (Å²) in [6.45, 7) is 0. The molecule has 8 unspecified atom stereocenters. The van der Waals surface area contributed by atoms with E-state index in [4.69, 9.17) is 5.73 Å². The molecule has 67 heavy (non-hydrogen) atoms. The van der Waals surface area contributed by atoms with Crippen LogP contribution in [0.4, 0.5) is 0 Å². The molecule has 2 aromatic carbocycles. The van der Waals surface area contributed by atoms with Gasteiger partial charge in [-0.2, -0.15) is 0 Å². The summed E-state index contributed by atoms with van der Waals surface area (Å²) in [4.78, 5) is 0. The number of nitrogens with zero attached hydrogens (tertiary/aromatic N) is 2. The summed E-state index contributed by atoms with van der Waals surface area (Å²) in [7, 11) is 0. The largest absolute Gasteiger partial charge is 0.397 e. The topological polar surface area (TPSA) is 76.6 Å². The highest BCUT2D eigenvalue weighted by molar-refractivity contribution is 6.22. The Morgan fingerprint density at radius 1 is 0.642 bits per heavy atom. The predicted octanol–water partition coefficient (Wildman–Crippen LogP) is 11.9. The normalized spacial score (nSPS) is 30.4. The molecule has 0 spiro atoms. The highest BCUT2D eigenvalue weighted by Gasteiger charge is 2.41. The molecule has 9 aliphatic rings. The number of quaternary nitrogens is 1. The van der Waals surface area contributed by atoms with E-state index in [2.05, 4.69) is 177 Å².